The molecule has 1 atom stereocenters. The van der Waals surface area contributed by atoms with Crippen molar-refractivity contribution in [3.05, 3.63) is 62.9 Å². The quantitative estimate of drug-likeness (QED) is 0.678. The van der Waals surface area contributed by atoms with Crippen LogP contribution in [0.5, 0.6) is 0 Å². The summed E-state index contributed by atoms with van der Waals surface area (Å²) in [5.41, 5.74) is 1.47. The Morgan fingerprint density at radius 1 is 1.43 bits per heavy atom. The molecule has 0 spiro atoms. The van der Waals surface area contributed by atoms with Crippen LogP contribution in [0.25, 0.3) is 0 Å². The van der Waals surface area contributed by atoms with Crippen molar-refractivity contribution in [2.75, 3.05) is 0 Å². The molecule has 1 fully saturated rings. The summed E-state index contributed by atoms with van der Waals surface area (Å²) < 4.78 is 1.84. The first-order valence-corrected chi connectivity index (χ1v) is 7.19. The smallest absolute Gasteiger partial charge is 0.275 e. The molecule has 3 rings (SSSR count). The minimum absolute atomic E-state index is 0.0143. The van der Waals surface area contributed by atoms with Crippen molar-refractivity contribution in [2.45, 2.75) is 25.5 Å². The lowest BCUT2D eigenvalue weighted by molar-refractivity contribution is -0.385. The molecular weight excluding hydrogens is 292 g/mol. The maximum absolute atomic E-state index is 11.1. The molecule has 1 heterocycles. The fourth-order valence-corrected chi connectivity index (χ4v) is 2.62. The molecule has 6 heteroatoms. The summed E-state index contributed by atoms with van der Waals surface area (Å²) in [7, 11) is 0. The number of nitrogens with zero attached hydrogens (tertiary/aromatic N) is 2. The van der Waals surface area contributed by atoms with E-state index in [0.717, 1.165) is 18.4 Å². The van der Waals surface area contributed by atoms with Gasteiger partial charge in [0.15, 0.2) is 0 Å². The number of rotatable bonds is 5. The monoisotopic (exact) mass is 306 g/mol. The molecule has 1 saturated carbocycles. The summed E-state index contributed by atoms with van der Waals surface area (Å²) in [5.74, 6) is 0.366. The van der Waals surface area contributed by atoms with Gasteiger partial charge in [0.2, 0.25) is 0 Å². The third-order valence-corrected chi connectivity index (χ3v) is 4.02. The van der Waals surface area contributed by atoms with E-state index in [1.165, 1.54) is 6.07 Å². The van der Waals surface area contributed by atoms with E-state index in [9.17, 15) is 15.2 Å². The first kappa shape index (κ1) is 14.1. The van der Waals surface area contributed by atoms with Gasteiger partial charge in [0.25, 0.3) is 5.69 Å². The van der Waals surface area contributed by atoms with Crippen molar-refractivity contribution >= 4 is 17.3 Å². The molecule has 2 aromatic rings. The van der Waals surface area contributed by atoms with E-state index in [4.69, 9.17) is 11.6 Å². The van der Waals surface area contributed by atoms with Crippen molar-refractivity contribution in [1.82, 2.24) is 4.57 Å². The number of nitro benzene ring substituents is 1. The molecule has 1 aliphatic carbocycles. The molecule has 0 amide bonds. The standard InChI is InChI=1S/C15H15ClN2O3/c16-13-4-3-11(14(7-13)18(20)21)8-17-6-5-12(9-17)15(19)10-1-2-10/h3-7,9-10,15,19H,1-2,8H2. The average Bonchev–Trinajstić information content (AvgIpc) is 3.20. The van der Waals surface area contributed by atoms with Crippen LogP contribution in [-0.4, -0.2) is 14.6 Å². The number of hydrogen-bond donors (Lipinski definition) is 1. The largest absolute Gasteiger partial charge is 0.388 e. The Bertz CT molecular complexity index is 679. The molecule has 0 radical (unpaired) electrons. The van der Waals surface area contributed by atoms with Gasteiger partial charge in [-0.15, -0.1) is 0 Å². The summed E-state index contributed by atoms with van der Waals surface area (Å²) >= 11 is 5.81. The number of hydrogen-bond acceptors (Lipinski definition) is 3. The van der Waals surface area contributed by atoms with Gasteiger partial charge in [0.05, 0.1) is 17.6 Å². The topological polar surface area (TPSA) is 68.3 Å². The third-order valence-electron chi connectivity index (χ3n) is 3.78. The van der Waals surface area contributed by atoms with Crippen LogP contribution in [0, 0.1) is 16.0 Å². The van der Waals surface area contributed by atoms with E-state index in [1.54, 1.807) is 12.1 Å². The molecule has 5 nitrogen and oxygen atoms in total. The minimum Gasteiger partial charge on any atom is -0.388 e. The molecule has 1 aromatic carbocycles. The molecule has 0 saturated heterocycles. The normalized spacial score (nSPS) is 15.9. The summed E-state index contributed by atoms with van der Waals surface area (Å²) in [6.07, 6.45) is 5.39. The highest BCUT2D eigenvalue weighted by molar-refractivity contribution is 6.30. The van der Waals surface area contributed by atoms with Gasteiger partial charge in [-0.2, -0.15) is 0 Å². The maximum atomic E-state index is 11.1. The lowest BCUT2D eigenvalue weighted by Crippen LogP contribution is -2.02. The highest BCUT2D eigenvalue weighted by Crippen LogP contribution is 2.40. The number of benzene rings is 1. The fourth-order valence-electron chi connectivity index (χ4n) is 2.45. The third kappa shape index (κ3) is 3.09. The van der Waals surface area contributed by atoms with Gasteiger partial charge in [0.1, 0.15) is 0 Å². The molecule has 21 heavy (non-hydrogen) atoms. The van der Waals surface area contributed by atoms with E-state index in [2.05, 4.69) is 0 Å². The van der Waals surface area contributed by atoms with E-state index in [0.29, 0.717) is 23.0 Å². The molecule has 0 bridgehead atoms. The molecule has 1 N–H and O–H groups in total. The molecule has 1 unspecified atom stereocenters. The van der Waals surface area contributed by atoms with Crippen LogP contribution in [0.1, 0.15) is 30.1 Å². The second kappa shape index (κ2) is 5.50. The number of halogens is 1. The Morgan fingerprint density at radius 2 is 2.19 bits per heavy atom. The summed E-state index contributed by atoms with van der Waals surface area (Å²) in [4.78, 5) is 10.6. The van der Waals surface area contributed by atoms with E-state index < -0.39 is 11.0 Å². The molecular formula is C15H15ClN2O3. The zero-order valence-electron chi connectivity index (χ0n) is 11.3. The highest BCUT2D eigenvalue weighted by atomic mass is 35.5. The Balaban J connectivity index is 1.82. The van der Waals surface area contributed by atoms with Gasteiger partial charge in [0, 0.05) is 29.0 Å². The van der Waals surface area contributed by atoms with E-state index >= 15 is 0 Å². The minimum atomic E-state index is -0.426. The van der Waals surface area contributed by atoms with Crippen LogP contribution < -0.4 is 0 Å². The van der Waals surface area contributed by atoms with Crippen molar-refractivity contribution in [3.8, 4) is 0 Å². The molecule has 0 aliphatic heterocycles. The lowest BCUT2D eigenvalue weighted by Gasteiger charge is -2.07. The second-order valence-corrected chi connectivity index (χ2v) is 5.87. The number of aliphatic hydroxyl groups is 1. The summed E-state index contributed by atoms with van der Waals surface area (Å²) in [6.45, 7) is 0.380. The lowest BCUT2D eigenvalue weighted by atomic mass is 10.1. The Labute approximate surface area is 126 Å². The highest BCUT2D eigenvalue weighted by Gasteiger charge is 2.31. The fraction of sp³-hybridized carbons (Fsp3) is 0.333. The predicted molar refractivity (Wildman–Crippen MR) is 79.3 cm³/mol. The van der Waals surface area contributed by atoms with Crippen LogP contribution in [0.15, 0.2) is 36.7 Å². The van der Waals surface area contributed by atoms with Crippen LogP contribution in [0.3, 0.4) is 0 Å². The number of aliphatic hydroxyl groups excluding tert-OH is 1. The van der Waals surface area contributed by atoms with Gasteiger partial charge < -0.3 is 9.67 Å². The maximum Gasteiger partial charge on any atom is 0.275 e. The first-order valence-electron chi connectivity index (χ1n) is 6.81. The van der Waals surface area contributed by atoms with Gasteiger partial charge in [-0.3, -0.25) is 10.1 Å². The van der Waals surface area contributed by atoms with E-state index in [1.807, 2.05) is 23.0 Å². The van der Waals surface area contributed by atoms with Crippen molar-refractivity contribution in [2.24, 2.45) is 5.92 Å². The SMILES string of the molecule is O=[N+]([O-])c1cc(Cl)ccc1Cn1ccc(C(O)C2CC2)c1. The average molecular weight is 307 g/mol. The Kier molecular flexibility index (Phi) is 3.69. The second-order valence-electron chi connectivity index (χ2n) is 5.43. The molecule has 1 aliphatic rings. The van der Waals surface area contributed by atoms with Crippen molar-refractivity contribution < 1.29 is 10.0 Å². The van der Waals surface area contributed by atoms with Crippen molar-refractivity contribution in [3.63, 3.8) is 0 Å². The summed E-state index contributed by atoms with van der Waals surface area (Å²) in [6, 6.07) is 6.54. The van der Waals surface area contributed by atoms with Crippen LogP contribution >= 0.6 is 11.6 Å². The number of aromatic nitrogens is 1. The first-order chi connectivity index (χ1) is 10.0. The van der Waals surface area contributed by atoms with Crippen LogP contribution in [0.4, 0.5) is 5.69 Å². The number of nitro groups is 1. The van der Waals surface area contributed by atoms with Crippen LogP contribution in [-0.2, 0) is 6.54 Å². The molecule has 1 aromatic heterocycles. The summed E-state index contributed by atoms with van der Waals surface area (Å²) in [5, 5.41) is 21.5. The van der Waals surface area contributed by atoms with Gasteiger partial charge in [-0.1, -0.05) is 11.6 Å². The molecule has 110 valence electrons. The zero-order chi connectivity index (χ0) is 15.0. The zero-order valence-corrected chi connectivity index (χ0v) is 12.0. The van der Waals surface area contributed by atoms with Gasteiger partial charge in [-0.25, -0.2) is 0 Å². The predicted octanol–water partition coefficient (Wildman–Crippen LogP) is 3.54. The Morgan fingerprint density at radius 3 is 2.86 bits per heavy atom. The van der Waals surface area contributed by atoms with Crippen molar-refractivity contribution in [1.29, 1.82) is 0 Å². The van der Waals surface area contributed by atoms with Crippen LogP contribution in [0.2, 0.25) is 5.02 Å². The van der Waals surface area contributed by atoms with E-state index in [-0.39, 0.29) is 5.69 Å². The Hall–Kier alpha value is -1.85. The van der Waals surface area contributed by atoms with Gasteiger partial charge in [-0.05, 0) is 42.5 Å². The van der Waals surface area contributed by atoms with Gasteiger partial charge >= 0.3 is 0 Å².